The molecule has 0 saturated carbocycles. The van der Waals surface area contributed by atoms with Crippen LogP contribution in [0.2, 0.25) is 0 Å². The molecule has 0 bridgehead atoms. The van der Waals surface area contributed by atoms with E-state index >= 15 is 0 Å². The van der Waals surface area contributed by atoms with Crippen molar-refractivity contribution in [2.75, 3.05) is 41.8 Å². The van der Waals surface area contributed by atoms with E-state index in [0.29, 0.717) is 54.5 Å². The Bertz CT molecular complexity index is 892. The first-order chi connectivity index (χ1) is 12.6. The smallest absolute Gasteiger partial charge is 0.257 e. The van der Waals surface area contributed by atoms with Crippen LogP contribution in [-0.2, 0) is 9.53 Å². The maximum Gasteiger partial charge on any atom is 0.257 e. The number of carbonyl (C=O) groups is 1. The van der Waals surface area contributed by atoms with E-state index in [1.807, 2.05) is 4.90 Å². The average molecular weight is 357 g/mol. The number of amides is 1. The highest BCUT2D eigenvalue weighted by atomic mass is 19.1. The molecule has 0 atom stereocenters. The van der Waals surface area contributed by atoms with Crippen molar-refractivity contribution >= 4 is 28.5 Å². The van der Waals surface area contributed by atoms with Crippen LogP contribution >= 0.6 is 0 Å². The van der Waals surface area contributed by atoms with Crippen LogP contribution in [0.4, 0.5) is 25.8 Å². The molecule has 5 nitrogen and oxygen atoms in total. The summed E-state index contributed by atoms with van der Waals surface area (Å²) < 4.78 is 33.2. The van der Waals surface area contributed by atoms with Gasteiger partial charge in [-0.1, -0.05) is 0 Å². The second kappa shape index (κ2) is 6.76. The number of fused-ring (bicyclic) bond motifs is 1. The lowest BCUT2D eigenvalue weighted by atomic mass is 10.1. The van der Waals surface area contributed by atoms with E-state index < -0.39 is 5.82 Å². The van der Waals surface area contributed by atoms with Gasteiger partial charge in [-0.15, -0.1) is 0 Å². The molecular formula is C19H17F2N3O2. The third kappa shape index (κ3) is 3.13. The van der Waals surface area contributed by atoms with E-state index in [1.54, 1.807) is 12.1 Å². The lowest BCUT2D eigenvalue weighted by Crippen LogP contribution is -2.36. The maximum atomic E-state index is 14.4. The van der Waals surface area contributed by atoms with Crippen LogP contribution in [0.3, 0.4) is 0 Å². The molecule has 134 valence electrons. The number of benzene rings is 2. The topological polar surface area (TPSA) is 53.6 Å². The summed E-state index contributed by atoms with van der Waals surface area (Å²) in [6.07, 6.45) is 1.46. The molecule has 2 aromatic carbocycles. The molecule has 0 aliphatic carbocycles. The summed E-state index contributed by atoms with van der Waals surface area (Å²) in [4.78, 5) is 14.0. The van der Waals surface area contributed by atoms with Crippen molar-refractivity contribution in [2.45, 2.75) is 0 Å². The number of carbonyl (C=O) groups excluding carboxylic acids is 1. The number of nitrogens with zero attached hydrogens (tertiary/aromatic N) is 1. The van der Waals surface area contributed by atoms with Crippen molar-refractivity contribution in [1.29, 1.82) is 0 Å². The van der Waals surface area contributed by atoms with Gasteiger partial charge in [-0.2, -0.15) is 0 Å². The second-order valence-electron chi connectivity index (χ2n) is 6.11. The van der Waals surface area contributed by atoms with Crippen molar-refractivity contribution in [3.63, 3.8) is 0 Å². The molecule has 0 spiro atoms. The Balaban J connectivity index is 1.55. The Hall–Kier alpha value is -2.93. The van der Waals surface area contributed by atoms with Crippen LogP contribution in [-0.4, -0.2) is 32.2 Å². The number of anilines is 3. The molecule has 2 aromatic rings. The fourth-order valence-corrected chi connectivity index (χ4v) is 3.12. The highest BCUT2D eigenvalue weighted by Gasteiger charge is 2.24. The normalized spacial score (nSPS) is 18.0. The van der Waals surface area contributed by atoms with E-state index in [-0.39, 0.29) is 11.7 Å². The number of morpholine rings is 1. The molecule has 1 saturated heterocycles. The summed E-state index contributed by atoms with van der Waals surface area (Å²) in [5, 5.41) is 5.59. The largest absolute Gasteiger partial charge is 0.378 e. The SMILES string of the molecule is O=C1Nc2ccc(F)cc2/C1=C\Nc1ccc(N2CCOCC2)c(F)c1. The van der Waals surface area contributed by atoms with Gasteiger partial charge in [0.15, 0.2) is 0 Å². The first-order valence-electron chi connectivity index (χ1n) is 8.32. The minimum Gasteiger partial charge on any atom is -0.378 e. The highest BCUT2D eigenvalue weighted by molar-refractivity contribution is 6.31. The van der Waals surface area contributed by atoms with Gasteiger partial charge in [0.2, 0.25) is 0 Å². The first-order valence-corrected chi connectivity index (χ1v) is 8.32. The predicted molar refractivity (Wildman–Crippen MR) is 96.1 cm³/mol. The predicted octanol–water partition coefficient (Wildman–Crippen LogP) is 3.21. The minimum absolute atomic E-state index is 0.303. The Morgan fingerprint density at radius 1 is 1.12 bits per heavy atom. The first kappa shape index (κ1) is 16.5. The molecule has 2 aliphatic heterocycles. The van der Waals surface area contributed by atoms with E-state index in [0.717, 1.165) is 0 Å². The van der Waals surface area contributed by atoms with Gasteiger partial charge in [0.05, 0.1) is 24.5 Å². The minimum atomic E-state index is -0.424. The molecule has 4 rings (SSSR count). The summed E-state index contributed by atoms with van der Waals surface area (Å²) in [6, 6.07) is 8.91. The summed E-state index contributed by atoms with van der Waals surface area (Å²) >= 11 is 0. The summed E-state index contributed by atoms with van der Waals surface area (Å²) in [6.45, 7) is 2.46. The fourth-order valence-electron chi connectivity index (χ4n) is 3.12. The molecule has 2 aliphatic rings. The highest BCUT2D eigenvalue weighted by Crippen LogP contribution is 2.32. The van der Waals surface area contributed by atoms with E-state index in [4.69, 9.17) is 4.74 Å². The quantitative estimate of drug-likeness (QED) is 0.829. The van der Waals surface area contributed by atoms with Crippen molar-refractivity contribution in [1.82, 2.24) is 0 Å². The molecule has 0 aromatic heterocycles. The molecule has 1 amide bonds. The summed E-state index contributed by atoms with van der Waals surface area (Å²) in [5.74, 6) is -1.10. The number of rotatable bonds is 3. The fraction of sp³-hybridized carbons (Fsp3) is 0.211. The molecule has 7 heteroatoms. The Morgan fingerprint density at radius 3 is 2.69 bits per heavy atom. The van der Waals surface area contributed by atoms with Gasteiger partial charge >= 0.3 is 0 Å². The average Bonchev–Trinajstić information content (AvgIpc) is 2.95. The number of ether oxygens (including phenoxy) is 1. The molecule has 1 fully saturated rings. The number of halogens is 2. The van der Waals surface area contributed by atoms with Gasteiger partial charge in [0.25, 0.3) is 5.91 Å². The molecule has 2 heterocycles. The number of hydrogen-bond donors (Lipinski definition) is 2. The van der Waals surface area contributed by atoms with Gasteiger partial charge in [0, 0.05) is 36.2 Å². The molecule has 26 heavy (non-hydrogen) atoms. The zero-order chi connectivity index (χ0) is 18.1. The molecular weight excluding hydrogens is 340 g/mol. The van der Waals surface area contributed by atoms with Crippen molar-refractivity contribution in [3.05, 3.63) is 59.8 Å². The van der Waals surface area contributed by atoms with Gasteiger partial charge in [-0.3, -0.25) is 4.79 Å². The van der Waals surface area contributed by atoms with Gasteiger partial charge in [-0.05, 0) is 36.4 Å². The van der Waals surface area contributed by atoms with Crippen LogP contribution < -0.4 is 15.5 Å². The van der Waals surface area contributed by atoms with E-state index in [1.165, 1.54) is 30.5 Å². The Morgan fingerprint density at radius 2 is 1.92 bits per heavy atom. The van der Waals surface area contributed by atoms with E-state index in [9.17, 15) is 13.6 Å². The van der Waals surface area contributed by atoms with Gasteiger partial charge in [-0.25, -0.2) is 8.78 Å². The van der Waals surface area contributed by atoms with Crippen molar-refractivity contribution < 1.29 is 18.3 Å². The third-order valence-corrected chi connectivity index (χ3v) is 4.45. The standard InChI is InChI=1S/C19H17F2N3O2/c20-12-1-3-17-14(9-12)15(19(25)23-17)11-22-13-2-4-18(16(21)10-13)24-5-7-26-8-6-24/h1-4,9-11,22H,5-8H2,(H,23,25)/b15-11+. The zero-order valence-electron chi connectivity index (χ0n) is 13.9. The zero-order valence-corrected chi connectivity index (χ0v) is 13.9. The molecule has 0 radical (unpaired) electrons. The van der Waals surface area contributed by atoms with Crippen LogP contribution in [0.5, 0.6) is 0 Å². The number of nitrogens with one attached hydrogen (secondary N) is 2. The lowest BCUT2D eigenvalue weighted by Gasteiger charge is -2.29. The van der Waals surface area contributed by atoms with Crippen molar-refractivity contribution in [2.24, 2.45) is 0 Å². The number of hydrogen-bond acceptors (Lipinski definition) is 4. The lowest BCUT2D eigenvalue weighted by molar-refractivity contribution is -0.110. The third-order valence-electron chi connectivity index (χ3n) is 4.45. The van der Waals surface area contributed by atoms with E-state index in [2.05, 4.69) is 10.6 Å². The van der Waals surface area contributed by atoms with Crippen LogP contribution in [0.25, 0.3) is 5.57 Å². The second-order valence-corrected chi connectivity index (χ2v) is 6.11. The summed E-state index contributed by atoms with van der Waals surface area (Å²) in [7, 11) is 0. The van der Waals surface area contributed by atoms with Gasteiger partial charge < -0.3 is 20.3 Å². The van der Waals surface area contributed by atoms with Crippen LogP contribution in [0, 0.1) is 11.6 Å². The summed E-state index contributed by atoms with van der Waals surface area (Å²) in [5.41, 5.74) is 2.37. The maximum absolute atomic E-state index is 14.4. The van der Waals surface area contributed by atoms with Crippen LogP contribution in [0.1, 0.15) is 5.56 Å². The monoisotopic (exact) mass is 357 g/mol. The Kier molecular flexibility index (Phi) is 4.30. The van der Waals surface area contributed by atoms with Crippen LogP contribution in [0.15, 0.2) is 42.6 Å². The molecule has 0 unspecified atom stereocenters. The Labute approximate surface area is 149 Å². The molecule has 2 N–H and O–H groups in total. The van der Waals surface area contributed by atoms with Gasteiger partial charge in [0.1, 0.15) is 11.6 Å². The van der Waals surface area contributed by atoms with Crippen molar-refractivity contribution in [3.8, 4) is 0 Å².